The van der Waals surface area contributed by atoms with E-state index in [1.807, 2.05) is 113 Å². The van der Waals surface area contributed by atoms with Crippen LogP contribution in [0.4, 0.5) is 0 Å². The van der Waals surface area contributed by atoms with Gasteiger partial charge >= 0.3 is 5.97 Å². The molecule has 1 aliphatic rings. The highest BCUT2D eigenvalue weighted by atomic mass is 16.5. The second-order valence-electron chi connectivity index (χ2n) is 11.6. The molecule has 1 unspecified atom stereocenters. The van der Waals surface area contributed by atoms with Gasteiger partial charge in [-0.2, -0.15) is 0 Å². The van der Waals surface area contributed by atoms with Crippen LogP contribution in [-0.4, -0.2) is 32.1 Å². The third kappa shape index (κ3) is 4.74. The number of carboxylic acid groups (broad SMARTS) is 1. The van der Waals surface area contributed by atoms with E-state index in [1.165, 1.54) is 0 Å². The van der Waals surface area contributed by atoms with Crippen molar-refractivity contribution >= 4 is 22.8 Å². The number of carbonyl (C=O) groups is 2. The van der Waals surface area contributed by atoms with Crippen LogP contribution >= 0.6 is 0 Å². The number of fused-ring (bicyclic) bond motifs is 2. The highest BCUT2D eigenvalue weighted by Crippen LogP contribution is 2.44. The highest BCUT2D eigenvalue weighted by molar-refractivity contribution is 6.06. The van der Waals surface area contributed by atoms with Crippen LogP contribution in [0.5, 0.6) is 0 Å². The van der Waals surface area contributed by atoms with Gasteiger partial charge in [-0.1, -0.05) is 35.9 Å². The molecule has 0 bridgehead atoms. The van der Waals surface area contributed by atoms with E-state index in [0.29, 0.717) is 24.2 Å². The zero-order chi connectivity index (χ0) is 28.2. The maximum Gasteiger partial charge on any atom is 0.337 e. The molecule has 5 rings (SSSR count). The third-order valence-electron chi connectivity index (χ3n) is 7.76. The largest absolute Gasteiger partial charge is 0.479 e. The van der Waals surface area contributed by atoms with Gasteiger partial charge in [0.05, 0.1) is 5.60 Å². The Kier molecular flexibility index (Phi) is 6.63. The summed E-state index contributed by atoms with van der Waals surface area (Å²) in [5.41, 5.74) is 8.60. The smallest absolute Gasteiger partial charge is 0.337 e. The lowest BCUT2D eigenvalue weighted by Gasteiger charge is -2.29. The van der Waals surface area contributed by atoms with Gasteiger partial charge in [0.15, 0.2) is 6.10 Å². The average molecular weight is 525 g/mol. The standard InChI is InChI=1S/C33H36N2O4/c1-19-11-13-22(14-12-19)28-20(2)25-17-35(31(36)24-9-8-10-27-23(24)15-16-34(27)7)18-26(25)21(3)29(28)30(32(37)38)39-33(4,5)6/h8-16,30H,17-18H2,1-7H3,(H,37,38). The van der Waals surface area contributed by atoms with E-state index in [4.69, 9.17) is 4.74 Å². The Morgan fingerprint density at radius 1 is 0.923 bits per heavy atom. The van der Waals surface area contributed by atoms with Crippen molar-refractivity contribution < 1.29 is 19.4 Å². The summed E-state index contributed by atoms with van der Waals surface area (Å²) in [7, 11) is 1.97. The van der Waals surface area contributed by atoms with E-state index >= 15 is 0 Å². The summed E-state index contributed by atoms with van der Waals surface area (Å²) in [6.45, 7) is 12.6. The predicted octanol–water partition coefficient (Wildman–Crippen LogP) is 6.87. The first-order valence-electron chi connectivity index (χ1n) is 13.3. The first-order valence-corrected chi connectivity index (χ1v) is 13.3. The van der Waals surface area contributed by atoms with Crippen LogP contribution in [-0.2, 0) is 29.7 Å². The highest BCUT2D eigenvalue weighted by Gasteiger charge is 2.36. The van der Waals surface area contributed by atoms with Gasteiger partial charge in [-0.25, -0.2) is 4.79 Å². The van der Waals surface area contributed by atoms with Crippen LogP contribution in [0.3, 0.4) is 0 Å². The molecule has 0 aliphatic carbocycles. The summed E-state index contributed by atoms with van der Waals surface area (Å²) in [5, 5.41) is 11.3. The number of nitrogens with zero attached hydrogens (tertiary/aromatic N) is 2. The zero-order valence-corrected chi connectivity index (χ0v) is 23.8. The van der Waals surface area contributed by atoms with Crippen LogP contribution in [0.25, 0.3) is 22.0 Å². The van der Waals surface area contributed by atoms with E-state index in [-0.39, 0.29) is 5.91 Å². The summed E-state index contributed by atoms with van der Waals surface area (Å²) >= 11 is 0. The van der Waals surface area contributed by atoms with Gasteiger partial charge in [-0.15, -0.1) is 0 Å². The molecule has 0 spiro atoms. The molecule has 0 saturated carbocycles. The molecule has 2 heterocycles. The monoisotopic (exact) mass is 524 g/mol. The molecular weight excluding hydrogens is 488 g/mol. The Morgan fingerprint density at radius 3 is 2.18 bits per heavy atom. The van der Waals surface area contributed by atoms with E-state index < -0.39 is 17.7 Å². The fraction of sp³-hybridized carbons (Fsp3) is 0.333. The lowest BCUT2D eigenvalue weighted by Crippen LogP contribution is -2.28. The van der Waals surface area contributed by atoms with Crippen molar-refractivity contribution in [2.24, 2.45) is 7.05 Å². The van der Waals surface area contributed by atoms with Crippen molar-refractivity contribution in [2.45, 2.75) is 66.3 Å². The van der Waals surface area contributed by atoms with Crippen LogP contribution < -0.4 is 0 Å². The van der Waals surface area contributed by atoms with Crippen LogP contribution in [0, 0.1) is 20.8 Å². The van der Waals surface area contributed by atoms with Gasteiger partial charge in [0, 0.05) is 48.4 Å². The van der Waals surface area contributed by atoms with E-state index in [9.17, 15) is 14.7 Å². The Morgan fingerprint density at radius 2 is 1.56 bits per heavy atom. The number of aliphatic carboxylic acids is 1. The molecule has 4 aromatic rings. The minimum Gasteiger partial charge on any atom is -0.479 e. The number of carboxylic acids is 1. The quantitative estimate of drug-likeness (QED) is 0.309. The van der Waals surface area contributed by atoms with Crippen LogP contribution in [0.1, 0.15) is 70.6 Å². The fourth-order valence-corrected chi connectivity index (χ4v) is 5.83. The number of hydrogen-bond donors (Lipinski definition) is 1. The lowest BCUT2D eigenvalue weighted by atomic mass is 9.83. The first kappa shape index (κ1) is 26.7. The second kappa shape index (κ2) is 9.69. The van der Waals surface area contributed by atoms with Gasteiger partial charge < -0.3 is 19.3 Å². The Labute approximate surface area is 229 Å². The predicted molar refractivity (Wildman–Crippen MR) is 154 cm³/mol. The zero-order valence-electron chi connectivity index (χ0n) is 23.8. The summed E-state index contributed by atoms with van der Waals surface area (Å²) in [4.78, 5) is 28.4. The van der Waals surface area contributed by atoms with Gasteiger partial charge in [-0.3, -0.25) is 4.79 Å². The van der Waals surface area contributed by atoms with Gasteiger partial charge in [0.1, 0.15) is 0 Å². The summed E-state index contributed by atoms with van der Waals surface area (Å²) < 4.78 is 8.19. The van der Waals surface area contributed by atoms with E-state index in [1.54, 1.807) is 0 Å². The Hall–Kier alpha value is -3.90. The van der Waals surface area contributed by atoms with Crippen LogP contribution in [0.2, 0.25) is 0 Å². The Balaban J connectivity index is 1.66. The third-order valence-corrected chi connectivity index (χ3v) is 7.76. The molecule has 6 nitrogen and oxygen atoms in total. The SMILES string of the molecule is Cc1ccc(-c2c(C)c3c(c(C)c2C(OC(C)(C)C)C(=O)O)CN(C(=O)c2cccc4c2ccn4C)C3)cc1. The number of hydrogen-bond acceptors (Lipinski definition) is 3. The Bertz CT molecular complexity index is 1610. The van der Waals surface area contributed by atoms with Gasteiger partial charge in [-0.05, 0) is 93.1 Å². The van der Waals surface area contributed by atoms with Crippen molar-refractivity contribution in [1.82, 2.24) is 9.47 Å². The number of aryl methyl sites for hydroxylation is 2. The minimum absolute atomic E-state index is 0.0269. The molecule has 1 aromatic heterocycles. The number of ether oxygens (including phenoxy) is 1. The maximum atomic E-state index is 13.9. The van der Waals surface area contributed by atoms with Crippen molar-refractivity contribution in [1.29, 1.82) is 0 Å². The molecule has 1 amide bonds. The van der Waals surface area contributed by atoms with Crippen LogP contribution in [0.15, 0.2) is 54.7 Å². The number of benzene rings is 3. The molecule has 0 radical (unpaired) electrons. The number of carbonyl (C=O) groups excluding carboxylic acids is 1. The van der Waals surface area contributed by atoms with Gasteiger partial charge in [0.25, 0.3) is 5.91 Å². The topological polar surface area (TPSA) is 71.8 Å². The number of amides is 1. The molecule has 202 valence electrons. The number of aromatic nitrogens is 1. The van der Waals surface area contributed by atoms with E-state index in [2.05, 4.69) is 0 Å². The normalized spacial score (nSPS) is 14.1. The number of rotatable bonds is 5. The molecule has 39 heavy (non-hydrogen) atoms. The first-order chi connectivity index (χ1) is 18.4. The van der Waals surface area contributed by atoms with Crippen molar-refractivity contribution in [3.8, 4) is 11.1 Å². The molecule has 0 fully saturated rings. The molecule has 0 saturated heterocycles. The molecule has 1 N–H and O–H groups in total. The molecular formula is C33H36N2O4. The average Bonchev–Trinajstić information content (AvgIpc) is 3.49. The lowest BCUT2D eigenvalue weighted by molar-refractivity contribution is -0.160. The fourth-order valence-electron chi connectivity index (χ4n) is 5.83. The van der Waals surface area contributed by atoms with Crippen molar-refractivity contribution in [2.75, 3.05) is 0 Å². The molecule has 3 aromatic carbocycles. The van der Waals surface area contributed by atoms with Crippen molar-refractivity contribution in [3.05, 3.63) is 93.7 Å². The summed E-state index contributed by atoms with van der Waals surface area (Å²) in [5.74, 6) is -1.05. The summed E-state index contributed by atoms with van der Waals surface area (Å²) in [6, 6.07) is 16.0. The van der Waals surface area contributed by atoms with E-state index in [0.717, 1.165) is 49.8 Å². The minimum atomic E-state index is -1.15. The second-order valence-corrected chi connectivity index (χ2v) is 11.6. The summed E-state index contributed by atoms with van der Waals surface area (Å²) in [6.07, 6.45) is 0.823. The molecule has 1 aliphatic heterocycles. The molecule has 6 heteroatoms. The van der Waals surface area contributed by atoms with Crippen molar-refractivity contribution in [3.63, 3.8) is 0 Å². The van der Waals surface area contributed by atoms with Gasteiger partial charge in [0.2, 0.25) is 0 Å². The molecule has 1 atom stereocenters. The maximum absolute atomic E-state index is 13.9.